The van der Waals surface area contributed by atoms with Crippen LogP contribution in [0.2, 0.25) is 5.02 Å². The van der Waals surface area contributed by atoms with Crippen LogP contribution in [0.5, 0.6) is 17.2 Å². The molecule has 0 atom stereocenters. The zero-order valence-corrected chi connectivity index (χ0v) is 12.1. The van der Waals surface area contributed by atoms with Crippen molar-refractivity contribution >= 4 is 34.3 Å². The predicted octanol–water partition coefficient (Wildman–Crippen LogP) is 3.38. The van der Waals surface area contributed by atoms with Crippen LogP contribution >= 0.6 is 11.6 Å². The minimum absolute atomic E-state index is 0.0235. The Hall–Kier alpha value is -2.79. The van der Waals surface area contributed by atoms with Crippen molar-refractivity contribution in [3.05, 3.63) is 54.6 Å². The van der Waals surface area contributed by atoms with E-state index in [1.165, 1.54) is 12.1 Å². The second-order valence-corrected chi connectivity index (χ2v) is 4.60. The highest BCUT2D eigenvalue weighted by Gasteiger charge is 2.18. The Morgan fingerprint density at radius 1 is 1.05 bits per heavy atom. The van der Waals surface area contributed by atoms with Crippen LogP contribution in [0.25, 0.3) is 10.8 Å². The van der Waals surface area contributed by atoms with Gasteiger partial charge in [0.15, 0.2) is 11.5 Å². The molecule has 0 aliphatic heterocycles. The summed E-state index contributed by atoms with van der Waals surface area (Å²) in [5.41, 5.74) is 0. The Labute approximate surface area is 131 Å². The van der Waals surface area contributed by atoms with Crippen molar-refractivity contribution in [3.63, 3.8) is 0 Å². The van der Waals surface area contributed by atoms with E-state index in [-0.39, 0.29) is 17.2 Å². The highest BCUT2D eigenvalue weighted by atomic mass is 35.5. The maximum Gasteiger partial charge on any atom is 0.335 e. The minimum Gasteiger partial charge on any atom is -0.507 e. The van der Waals surface area contributed by atoms with Gasteiger partial charge < -0.3 is 14.6 Å². The second kappa shape index (κ2) is 6.32. The monoisotopic (exact) mass is 318 g/mol. The molecule has 0 radical (unpaired) electrons. The molecule has 0 fully saturated rings. The maximum absolute atomic E-state index is 11.5. The number of benzene rings is 2. The number of halogens is 1. The molecule has 2 aromatic carbocycles. The second-order valence-electron chi connectivity index (χ2n) is 4.16. The first-order valence-electron chi connectivity index (χ1n) is 6.10. The number of phenolic OH excluding ortho intramolecular Hbond substituents is 1. The third-order valence-corrected chi connectivity index (χ3v) is 2.98. The average molecular weight is 319 g/mol. The topological polar surface area (TPSA) is 72.8 Å². The van der Waals surface area contributed by atoms with Gasteiger partial charge in [-0.1, -0.05) is 24.8 Å². The van der Waals surface area contributed by atoms with E-state index in [0.29, 0.717) is 15.8 Å². The van der Waals surface area contributed by atoms with Crippen LogP contribution in [-0.4, -0.2) is 17.0 Å². The predicted molar refractivity (Wildman–Crippen MR) is 82.3 cm³/mol. The molecule has 112 valence electrons. The molecule has 2 aromatic rings. The van der Waals surface area contributed by atoms with E-state index in [0.717, 1.165) is 18.2 Å². The third-order valence-electron chi connectivity index (χ3n) is 2.74. The molecule has 0 saturated carbocycles. The quantitative estimate of drug-likeness (QED) is 0.531. The number of hydrogen-bond acceptors (Lipinski definition) is 5. The van der Waals surface area contributed by atoms with E-state index in [4.69, 9.17) is 21.1 Å². The zero-order chi connectivity index (χ0) is 16.3. The van der Waals surface area contributed by atoms with Crippen molar-refractivity contribution < 1.29 is 24.2 Å². The minimum atomic E-state index is -0.761. The van der Waals surface area contributed by atoms with E-state index in [9.17, 15) is 14.7 Å². The van der Waals surface area contributed by atoms with E-state index in [1.807, 2.05) is 0 Å². The van der Waals surface area contributed by atoms with E-state index >= 15 is 0 Å². The summed E-state index contributed by atoms with van der Waals surface area (Å²) in [6.07, 6.45) is 1.91. The number of esters is 2. The van der Waals surface area contributed by atoms with Crippen LogP contribution < -0.4 is 9.47 Å². The summed E-state index contributed by atoms with van der Waals surface area (Å²) in [4.78, 5) is 22.9. The molecule has 5 nitrogen and oxygen atoms in total. The molecule has 0 aromatic heterocycles. The Balaban J connectivity index is 2.71. The van der Waals surface area contributed by atoms with Gasteiger partial charge in [-0.25, -0.2) is 9.59 Å². The number of phenols is 1. The fourth-order valence-electron chi connectivity index (χ4n) is 1.80. The number of aromatic hydroxyl groups is 1. The molecule has 0 heterocycles. The summed E-state index contributed by atoms with van der Waals surface area (Å²) < 4.78 is 10.1. The van der Waals surface area contributed by atoms with Crippen LogP contribution in [-0.2, 0) is 9.59 Å². The molecule has 1 N–H and O–H groups in total. The van der Waals surface area contributed by atoms with Crippen molar-refractivity contribution in [2.45, 2.75) is 0 Å². The summed E-state index contributed by atoms with van der Waals surface area (Å²) in [6, 6.07) is 5.74. The maximum atomic E-state index is 11.5. The average Bonchev–Trinajstić information content (AvgIpc) is 2.50. The first-order chi connectivity index (χ1) is 10.5. The summed E-state index contributed by atoms with van der Waals surface area (Å²) in [5.74, 6) is -1.82. The van der Waals surface area contributed by atoms with Gasteiger partial charge in [0.05, 0.1) is 0 Å². The standard InChI is InChI=1S/C16H11ClO5/c1-3-14(19)21-13-8-12(18)11-7-9(17)5-6-10(11)16(13)22-15(20)4-2/h3-8,18H,1-2H2. The summed E-state index contributed by atoms with van der Waals surface area (Å²) in [5, 5.41) is 11.1. The van der Waals surface area contributed by atoms with Gasteiger partial charge in [-0.2, -0.15) is 0 Å². The van der Waals surface area contributed by atoms with Crippen LogP contribution in [0.3, 0.4) is 0 Å². The lowest BCUT2D eigenvalue weighted by molar-refractivity contribution is -0.131. The van der Waals surface area contributed by atoms with Gasteiger partial charge in [-0.05, 0) is 18.2 Å². The lowest BCUT2D eigenvalue weighted by atomic mass is 10.1. The first-order valence-corrected chi connectivity index (χ1v) is 6.47. The smallest absolute Gasteiger partial charge is 0.335 e. The highest BCUT2D eigenvalue weighted by molar-refractivity contribution is 6.31. The number of hydrogen-bond donors (Lipinski definition) is 1. The molecule has 22 heavy (non-hydrogen) atoms. The third kappa shape index (κ3) is 3.10. The molecule has 0 unspecified atom stereocenters. The van der Waals surface area contributed by atoms with Gasteiger partial charge >= 0.3 is 11.9 Å². The Morgan fingerprint density at radius 3 is 2.32 bits per heavy atom. The van der Waals surface area contributed by atoms with Gasteiger partial charge in [0.1, 0.15) is 5.75 Å². The molecule has 0 saturated heterocycles. The first kappa shape index (κ1) is 15.6. The highest BCUT2D eigenvalue weighted by Crippen LogP contribution is 2.42. The van der Waals surface area contributed by atoms with Crippen LogP contribution in [0.15, 0.2) is 49.6 Å². The number of carbonyl (C=O) groups excluding carboxylic acids is 2. The summed E-state index contributed by atoms with van der Waals surface area (Å²) >= 11 is 5.89. The molecule has 0 bridgehead atoms. The fraction of sp³-hybridized carbons (Fsp3) is 0. The molecular weight excluding hydrogens is 308 g/mol. The molecular formula is C16H11ClO5. The molecule has 0 spiro atoms. The van der Waals surface area contributed by atoms with E-state index in [2.05, 4.69) is 13.2 Å². The van der Waals surface area contributed by atoms with Crippen molar-refractivity contribution in [1.82, 2.24) is 0 Å². The number of rotatable bonds is 4. The normalized spacial score (nSPS) is 10.0. The molecule has 0 amide bonds. The van der Waals surface area contributed by atoms with Crippen molar-refractivity contribution in [2.75, 3.05) is 0 Å². The van der Waals surface area contributed by atoms with Gasteiger partial charge in [0.2, 0.25) is 0 Å². The van der Waals surface area contributed by atoms with E-state index in [1.54, 1.807) is 6.07 Å². The number of ether oxygens (including phenoxy) is 2. The molecule has 2 rings (SSSR count). The van der Waals surface area contributed by atoms with Crippen molar-refractivity contribution in [1.29, 1.82) is 0 Å². The zero-order valence-electron chi connectivity index (χ0n) is 11.3. The number of fused-ring (bicyclic) bond motifs is 1. The molecule has 6 heteroatoms. The SMILES string of the molecule is C=CC(=O)Oc1cc(O)c2cc(Cl)ccc2c1OC(=O)C=C. The Kier molecular flexibility index (Phi) is 4.48. The molecule has 0 aliphatic carbocycles. The summed E-state index contributed by atoms with van der Waals surface area (Å²) in [6.45, 7) is 6.59. The summed E-state index contributed by atoms with van der Waals surface area (Å²) in [7, 11) is 0. The van der Waals surface area contributed by atoms with Crippen molar-refractivity contribution in [2.24, 2.45) is 0 Å². The van der Waals surface area contributed by atoms with E-state index < -0.39 is 11.9 Å². The van der Waals surface area contributed by atoms with Gasteiger partial charge in [0.25, 0.3) is 0 Å². The van der Waals surface area contributed by atoms with Crippen molar-refractivity contribution in [3.8, 4) is 17.2 Å². The van der Waals surface area contributed by atoms with Crippen LogP contribution in [0.1, 0.15) is 0 Å². The fourth-order valence-corrected chi connectivity index (χ4v) is 1.97. The Bertz CT molecular complexity index is 795. The largest absolute Gasteiger partial charge is 0.507 e. The van der Waals surface area contributed by atoms with Crippen LogP contribution in [0, 0.1) is 0 Å². The Morgan fingerprint density at radius 2 is 1.68 bits per heavy atom. The van der Waals surface area contributed by atoms with Crippen LogP contribution in [0.4, 0.5) is 0 Å². The number of carbonyl (C=O) groups is 2. The molecule has 0 aliphatic rings. The van der Waals surface area contributed by atoms with Gasteiger partial charge in [0, 0.05) is 34.0 Å². The van der Waals surface area contributed by atoms with Gasteiger partial charge in [-0.15, -0.1) is 0 Å². The van der Waals surface area contributed by atoms with Gasteiger partial charge in [-0.3, -0.25) is 0 Å². The lowest BCUT2D eigenvalue weighted by Gasteiger charge is -2.13. The lowest BCUT2D eigenvalue weighted by Crippen LogP contribution is -2.09.